The number of aromatic hydroxyl groups is 1. The predicted molar refractivity (Wildman–Crippen MR) is 230 cm³/mol. The van der Waals surface area contributed by atoms with Crippen LogP contribution in [0.1, 0.15) is 208 Å². The van der Waals surface area contributed by atoms with Crippen molar-refractivity contribution in [3.8, 4) is 11.5 Å². The van der Waals surface area contributed by atoms with Crippen LogP contribution in [0.4, 0.5) is 0 Å². The highest BCUT2D eigenvalue weighted by Gasteiger charge is 2.12. The van der Waals surface area contributed by atoms with E-state index in [1.807, 2.05) is 30.3 Å². The predicted octanol–water partition coefficient (Wildman–Crippen LogP) is 15.6. The molecule has 0 heterocycles. The molecular formula is C50H78O3. The molecular weight excluding hydrogens is 649 g/mol. The van der Waals surface area contributed by atoms with E-state index in [4.69, 9.17) is 4.74 Å². The molecule has 0 aliphatic heterocycles. The van der Waals surface area contributed by atoms with Crippen molar-refractivity contribution in [2.75, 3.05) is 7.11 Å². The van der Waals surface area contributed by atoms with Gasteiger partial charge in [-0.3, -0.25) is 4.79 Å². The van der Waals surface area contributed by atoms with Crippen LogP contribution in [-0.2, 0) is 12.8 Å². The fourth-order valence-electron chi connectivity index (χ4n) is 7.17. The molecule has 0 unspecified atom stereocenters. The van der Waals surface area contributed by atoms with Crippen LogP contribution in [-0.4, -0.2) is 18.0 Å². The smallest absolute Gasteiger partial charge is 0.196 e. The first-order valence-electron chi connectivity index (χ1n) is 22.1. The maximum Gasteiger partial charge on any atom is 0.196 e. The Balaban J connectivity index is 0.000000381. The van der Waals surface area contributed by atoms with E-state index in [1.54, 1.807) is 31.4 Å². The SMILES string of the molecule is CCCCCCCCCCCCCCCc1ccc(C(=O)c2ccccc2O)cc1.CCCCCCCCCCCCCCCc1cccc(OC)c1. The topological polar surface area (TPSA) is 46.5 Å². The maximum atomic E-state index is 12.5. The Bertz CT molecular complexity index is 1280. The van der Waals surface area contributed by atoms with Crippen molar-refractivity contribution < 1.29 is 14.6 Å². The molecule has 0 amide bonds. The Labute approximate surface area is 326 Å². The molecule has 0 aliphatic rings. The third-order valence-corrected chi connectivity index (χ3v) is 10.6. The fourth-order valence-corrected chi connectivity index (χ4v) is 7.17. The van der Waals surface area contributed by atoms with Crippen LogP contribution in [0.25, 0.3) is 0 Å². The lowest BCUT2D eigenvalue weighted by atomic mass is 9.99. The second-order valence-electron chi connectivity index (χ2n) is 15.4. The van der Waals surface area contributed by atoms with E-state index in [0.717, 1.165) is 12.2 Å². The highest BCUT2D eigenvalue weighted by molar-refractivity contribution is 6.10. The molecule has 3 aromatic rings. The second kappa shape index (κ2) is 32.4. The van der Waals surface area contributed by atoms with Crippen LogP contribution in [0.3, 0.4) is 0 Å². The van der Waals surface area contributed by atoms with Gasteiger partial charge in [0.15, 0.2) is 5.78 Å². The van der Waals surface area contributed by atoms with Gasteiger partial charge in [0, 0.05) is 5.56 Å². The van der Waals surface area contributed by atoms with Crippen molar-refractivity contribution in [1.29, 1.82) is 0 Å². The van der Waals surface area contributed by atoms with Gasteiger partial charge in [-0.15, -0.1) is 0 Å². The number of phenolic OH excluding ortho intramolecular Hbond substituents is 1. The third-order valence-electron chi connectivity index (χ3n) is 10.6. The van der Waals surface area contributed by atoms with E-state index in [9.17, 15) is 9.90 Å². The van der Waals surface area contributed by atoms with Gasteiger partial charge in [-0.05, 0) is 61.1 Å². The summed E-state index contributed by atoms with van der Waals surface area (Å²) < 4.78 is 5.27. The molecule has 0 atom stereocenters. The third kappa shape index (κ3) is 23.4. The average Bonchev–Trinajstić information content (AvgIpc) is 3.19. The molecule has 0 saturated heterocycles. The summed E-state index contributed by atoms with van der Waals surface area (Å²) in [5.74, 6) is 0.899. The molecule has 3 heteroatoms. The number of rotatable bonds is 31. The number of unbranched alkanes of at least 4 members (excludes halogenated alkanes) is 24. The highest BCUT2D eigenvalue weighted by atomic mass is 16.5. The summed E-state index contributed by atoms with van der Waals surface area (Å²) >= 11 is 0. The molecule has 296 valence electrons. The molecule has 53 heavy (non-hydrogen) atoms. The number of phenols is 1. The Kier molecular flexibility index (Phi) is 28.1. The number of carbonyl (C=O) groups excluding carboxylic acids is 1. The summed E-state index contributed by atoms with van der Waals surface area (Å²) in [5, 5.41) is 9.86. The second-order valence-corrected chi connectivity index (χ2v) is 15.4. The molecule has 1 N–H and O–H groups in total. The normalized spacial score (nSPS) is 10.9. The van der Waals surface area contributed by atoms with Crippen molar-refractivity contribution in [2.24, 2.45) is 0 Å². The van der Waals surface area contributed by atoms with Gasteiger partial charge in [0.2, 0.25) is 0 Å². The van der Waals surface area contributed by atoms with Crippen molar-refractivity contribution >= 4 is 5.78 Å². The Hall–Kier alpha value is -3.07. The number of benzene rings is 3. The maximum absolute atomic E-state index is 12.5. The number of aryl methyl sites for hydroxylation is 2. The van der Waals surface area contributed by atoms with E-state index < -0.39 is 0 Å². The van der Waals surface area contributed by atoms with Gasteiger partial charge in [0.1, 0.15) is 11.5 Å². The number of ketones is 1. The van der Waals surface area contributed by atoms with E-state index >= 15 is 0 Å². The van der Waals surface area contributed by atoms with Crippen molar-refractivity contribution in [3.05, 3.63) is 95.1 Å². The van der Waals surface area contributed by atoms with Crippen molar-refractivity contribution in [2.45, 2.75) is 194 Å². The Morgan fingerprint density at radius 2 is 0.887 bits per heavy atom. The number of para-hydroxylation sites is 1. The van der Waals surface area contributed by atoms with Gasteiger partial charge in [0.25, 0.3) is 0 Å². The van der Waals surface area contributed by atoms with Crippen LogP contribution in [0.2, 0.25) is 0 Å². The summed E-state index contributed by atoms with van der Waals surface area (Å²) in [4.78, 5) is 12.5. The Morgan fingerprint density at radius 3 is 1.32 bits per heavy atom. The summed E-state index contributed by atoms with van der Waals surface area (Å²) in [6.07, 6.45) is 38.6. The quantitative estimate of drug-likeness (QED) is 0.0530. The van der Waals surface area contributed by atoms with E-state index in [-0.39, 0.29) is 11.5 Å². The average molecular weight is 727 g/mol. The summed E-state index contributed by atoms with van der Waals surface area (Å²) in [5.41, 5.74) is 3.69. The minimum atomic E-state index is -0.124. The lowest BCUT2D eigenvalue weighted by Gasteiger charge is -2.06. The number of hydrogen-bond acceptors (Lipinski definition) is 3. The summed E-state index contributed by atoms with van der Waals surface area (Å²) in [6.45, 7) is 4.56. The highest BCUT2D eigenvalue weighted by Crippen LogP contribution is 2.21. The van der Waals surface area contributed by atoms with Crippen LogP contribution in [0.5, 0.6) is 11.5 Å². The summed E-state index contributed by atoms with van der Waals surface area (Å²) in [7, 11) is 1.74. The minimum absolute atomic E-state index is 0.0403. The van der Waals surface area contributed by atoms with E-state index in [2.05, 4.69) is 32.0 Å². The lowest BCUT2D eigenvalue weighted by Crippen LogP contribution is -2.01. The monoisotopic (exact) mass is 727 g/mol. The van der Waals surface area contributed by atoms with Gasteiger partial charge in [-0.25, -0.2) is 0 Å². The molecule has 3 nitrogen and oxygen atoms in total. The summed E-state index contributed by atoms with van der Waals surface area (Å²) in [6, 6.07) is 23.1. The van der Waals surface area contributed by atoms with Crippen LogP contribution in [0, 0.1) is 0 Å². The number of ether oxygens (including phenoxy) is 1. The molecule has 0 aromatic heterocycles. The molecule has 0 fully saturated rings. The van der Waals surface area contributed by atoms with Gasteiger partial charge in [-0.1, -0.05) is 216 Å². The van der Waals surface area contributed by atoms with Crippen LogP contribution >= 0.6 is 0 Å². The molecule has 3 rings (SSSR count). The van der Waals surface area contributed by atoms with Gasteiger partial charge >= 0.3 is 0 Å². The zero-order chi connectivity index (χ0) is 38.0. The molecule has 0 aliphatic carbocycles. The molecule has 0 spiro atoms. The Morgan fingerprint density at radius 1 is 0.472 bits per heavy atom. The van der Waals surface area contributed by atoms with Gasteiger partial charge < -0.3 is 9.84 Å². The van der Waals surface area contributed by atoms with Crippen LogP contribution < -0.4 is 4.74 Å². The molecule has 0 radical (unpaired) electrons. The van der Waals surface area contributed by atoms with Crippen LogP contribution in [0.15, 0.2) is 72.8 Å². The first-order valence-corrected chi connectivity index (χ1v) is 22.1. The minimum Gasteiger partial charge on any atom is -0.507 e. The first kappa shape index (κ1) is 46.1. The lowest BCUT2D eigenvalue weighted by molar-refractivity contribution is 0.103. The number of carbonyl (C=O) groups is 1. The zero-order valence-electron chi connectivity index (χ0n) is 34.5. The molecule has 0 bridgehead atoms. The van der Waals surface area contributed by atoms with Gasteiger partial charge in [-0.2, -0.15) is 0 Å². The molecule has 3 aromatic carbocycles. The number of hydrogen-bond donors (Lipinski definition) is 1. The fraction of sp³-hybridized carbons (Fsp3) is 0.620. The molecule has 0 saturated carbocycles. The zero-order valence-corrected chi connectivity index (χ0v) is 34.5. The van der Waals surface area contributed by atoms with Crippen molar-refractivity contribution in [1.82, 2.24) is 0 Å². The largest absolute Gasteiger partial charge is 0.507 e. The standard InChI is InChI=1S/C28H40O2.C22H38O/c1-2-3-4-5-6-7-8-9-10-11-12-13-14-17-24-20-22-25(23-21-24)28(30)26-18-15-16-19-27(26)29;1-3-4-5-6-7-8-9-10-11-12-13-14-15-17-21-18-16-19-22(20-21)23-2/h15-16,18-23,29H,2-14,17H2,1H3;16,18-20H,3-15,17H2,1-2H3. The van der Waals surface area contributed by atoms with E-state index in [0.29, 0.717) is 11.1 Å². The number of methoxy groups -OCH3 is 1. The van der Waals surface area contributed by atoms with E-state index in [1.165, 1.54) is 184 Å². The van der Waals surface area contributed by atoms with Crippen molar-refractivity contribution in [3.63, 3.8) is 0 Å². The van der Waals surface area contributed by atoms with Gasteiger partial charge in [0.05, 0.1) is 12.7 Å². The first-order chi connectivity index (χ1) is 26.1.